The van der Waals surface area contributed by atoms with Crippen LogP contribution in [0.5, 0.6) is 5.75 Å². The molecule has 3 aliphatic rings. The van der Waals surface area contributed by atoms with Gasteiger partial charge in [0.05, 0.1) is 25.6 Å². The van der Waals surface area contributed by atoms with Crippen molar-refractivity contribution in [3.8, 4) is 5.75 Å². The van der Waals surface area contributed by atoms with Crippen LogP contribution in [-0.2, 0) is 25.1 Å². The van der Waals surface area contributed by atoms with Gasteiger partial charge in [-0.25, -0.2) is 17.6 Å². The molecule has 4 rings (SSSR count). The summed E-state index contributed by atoms with van der Waals surface area (Å²) in [5.41, 5.74) is -0.307. The third kappa shape index (κ3) is 6.21. The minimum atomic E-state index is -3.61. The molecular formula is C22H30FN3O6S. The summed E-state index contributed by atoms with van der Waals surface area (Å²) >= 11 is 0. The SMILES string of the molecule is O=C1CCN(CCCCCS(=O)(=O)NC2(c3ccc(F)c(OCC4CC4)c3)COC2)C(=O)N1. The highest BCUT2D eigenvalue weighted by Gasteiger charge is 2.44. The zero-order chi connectivity index (χ0) is 23.5. The summed E-state index contributed by atoms with van der Waals surface area (Å²) in [4.78, 5) is 24.5. The lowest BCUT2D eigenvalue weighted by molar-refractivity contribution is -0.121. The zero-order valence-electron chi connectivity index (χ0n) is 18.5. The molecule has 2 saturated heterocycles. The fraction of sp³-hybridized carbons (Fsp3) is 0.636. The van der Waals surface area contributed by atoms with Crippen LogP contribution in [0.4, 0.5) is 9.18 Å². The van der Waals surface area contributed by atoms with Gasteiger partial charge in [-0.3, -0.25) is 10.1 Å². The Morgan fingerprint density at radius 3 is 2.67 bits per heavy atom. The summed E-state index contributed by atoms with van der Waals surface area (Å²) in [6.45, 7) is 1.66. The van der Waals surface area contributed by atoms with Crippen LogP contribution < -0.4 is 14.8 Å². The molecule has 1 saturated carbocycles. The molecule has 182 valence electrons. The van der Waals surface area contributed by atoms with Gasteiger partial charge < -0.3 is 14.4 Å². The molecule has 1 aromatic carbocycles. The summed E-state index contributed by atoms with van der Waals surface area (Å²) in [7, 11) is -3.61. The Bertz CT molecular complexity index is 994. The monoisotopic (exact) mass is 483 g/mol. The number of rotatable bonds is 12. The molecule has 2 N–H and O–H groups in total. The normalized spacial score (nSPS) is 20.3. The summed E-state index contributed by atoms with van der Waals surface area (Å²) in [5, 5.41) is 2.27. The van der Waals surface area contributed by atoms with Crippen LogP contribution >= 0.6 is 0 Å². The number of carbonyl (C=O) groups excluding carboxylic acids is 2. The predicted molar refractivity (Wildman–Crippen MR) is 118 cm³/mol. The third-order valence-electron chi connectivity index (χ3n) is 6.19. The van der Waals surface area contributed by atoms with Crippen molar-refractivity contribution in [2.75, 3.05) is 38.7 Å². The van der Waals surface area contributed by atoms with E-state index in [-0.39, 0.29) is 37.0 Å². The van der Waals surface area contributed by atoms with Gasteiger partial charge in [-0.05, 0) is 49.3 Å². The maximum Gasteiger partial charge on any atom is 0.324 e. The van der Waals surface area contributed by atoms with Crippen molar-refractivity contribution < 1.29 is 31.9 Å². The third-order valence-corrected chi connectivity index (χ3v) is 7.71. The number of imide groups is 1. The van der Waals surface area contributed by atoms with Gasteiger partial charge in [0.1, 0.15) is 5.54 Å². The molecule has 0 spiro atoms. The molecule has 33 heavy (non-hydrogen) atoms. The number of carbonyl (C=O) groups is 2. The van der Waals surface area contributed by atoms with E-state index in [1.807, 2.05) is 0 Å². The van der Waals surface area contributed by atoms with E-state index in [4.69, 9.17) is 9.47 Å². The van der Waals surface area contributed by atoms with E-state index in [0.717, 1.165) is 12.8 Å². The van der Waals surface area contributed by atoms with Gasteiger partial charge in [-0.2, -0.15) is 4.72 Å². The van der Waals surface area contributed by atoms with Crippen molar-refractivity contribution in [3.63, 3.8) is 0 Å². The molecule has 2 heterocycles. The second-order valence-corrected chi connectivity index (χ2v) is 10.9. The molecule has 0 radical (unpaired) electrons. The summed E-state index contributed by atoms with van der Waals surface area (Å²) < 4.78 is 53.4. The molecule has 0 aromatic heterocycles. The van der Waals surface area contributed by atoms with E-state index in [1.165, 1.54) is 6.07 Å². The Hall–Kier alpha value is -2.24. The number of amides is 3. The van der Waals surface area contributed by atoms with Crippen molar-refractivity contribution in [2.24, 2.45) is 5.92 Å². The van der Waals surface area contributed by atoms with Gasteiger partial charge in [0.25, 0.3) is 0 Å². The van der Waals surface area contributed by atoms with Gasteiger partial charge in [-0.1, -0.05) is 12.5 Å². The Kier molecular flexibility index (Phi) is 7.20. The number of unbranched alkanes of at least 4 members (excludes halogenated alkanes) is 2. The average Bonchev–Trinajstić information content (AvgIpc) is 3.56. The molecule has 0 bridgehead atoms. The number of benzene rings is 1. The number of ether oxygens (including phenoxy) is 2. The van der Waals surface area contributed by atoms with Crippen LogP contribution in [0.1, 0.15) is 44.1 Å². The van der Waals surface area contributed by atoms with E-state index in [2.05, 4.69) is 10.0 Å². The number of halogens is 1. The molecular weight excluding hydrogens is 453 g/mol. The molecule has 3 fully saturated rings. The van der Waals surface area contributed by atoms with E-state index in [9.17, 15) is 22.4 Å². The van der Waals surface area contributed by atoms with Crippen molar-refractivity contribution >= 4 is 22.0 Å². The van der Waals surface area contributed by atoms with Crippen LogP contribution in [0, 0.1) is 11.7 Å². The maximum absolute atomic E-state index is 14.2. The van der Waals surface area contributed by atoms with Gasteiger partial charge in [0, 0.05) is 19.5 Å². The van der Waals surface area contributed by atoms with E-state index >= 15 is 0 Å². The van der Waals surface area contributed by atoms with E-state index < -0.39 is 27.4 Å². The molecule has 1 aromatic rings. The molecule has 3 amide bonds. The smallest absolute Gasteiger partial charge is 0.324 e. The van der Waals surface area contributed by atoms with Gasteiger partial charge in [0.15, 0.2) is 11.6 Å². The topological polar surface area (TPSA) is 114 Å². The molecule has 11 heteroatoms. The van der Waals surface area contributed by atoms with Crippen LogP contribution in [-0.4, -0.2) is 63.9 Å². The number of nitrogens with zero attached hydrogens (tertiary/aromatic N) is 1. The van der Waals surface area contributed by atoms with Gasteiger partial charge >= 0.3 is 6.03 Å². The Morgan fingerprint density at radius 2 is 2.00 bits per heavy atom. The lowest BCUT2D eigenvalue weighted by Crippen LogP contribution is -2.59. The van der Waals surface area contributed by atoms with E-state index in [1.54, 1.807) is 17.0 Å². The van der Waals surface area contributed by atoms with Crippen LogP contribution in [0.15, 0.2) is 18.2 Å². The van der Waals surface area contributed by atoms with Crippen LogP contribution in [0.25, 0.3) is 0 Å². The Morgan fingerprint density at radius 1 is 1.21 bits per heavy atom. The first-order valence-corrected chi connectivity index (χ1v) is 13.0. The molecule has 0 atom stereocenters. The number of nitrogens with one attached hydrogen (secondary N) is 2. The first-order chi connectivity index (χ1) is 15.8. The second-order valence-electron chi connectivity index (χ2n) is 9.05. The van der Waals surface area contributed by atoms with Crippen LogP contribution in [0.3, 0.4) is 0 Å². The zero-order valence-corrected chi connectivity index (χ0v) is 19.3. The van der Waals surface area contributed by atoms with Gasteiger partial charge in [-0.15, -0.1) is 0 Å². The Balaban J connectivity index is 1.27. The second kappa shape index (κ2) is 9.94. The largest absolute Gasteiger partial charge is 0.490 e. The number of hydrogen-bond donors (Lipinski definition) is 2. The minimum Gasteiger partial charge on any atom is -0.490 e. The molecule has 0 unspecified atom stereocenters. The van der Waals surface area contributed by atoms with Crippen molar-refractivity contribution in [3.05, 3.63) is 29.6 Å². The van der Waals surface area contributed by atoms with E-state index in [0.29, 0.717) is 50.4 Å². The van der Waals surface area contributed by atoms with Crippen molar-refractivity contribution in [1.82, 2.24) is 14.9 Å². The first-order valence-electron chi connectivity index (χ1n) is 11.4. The fourth-order valence-corrected chi connectivity index (χ4v) is 5.44. The summed E-state index contributed by atoms with van der Waals surface area (Å²) in [5.74, 6) is -0.201. The fourth-order valence-electron chi connectivity index (χ4n) is 3.93. The van der Waals surface area contributed by atoms with Crippen LogP contribution in [0.2, 0.25) is 0 Å². The first kappa shape index (κ1) is 23.9. The number of hydrogen-bond acceptors (Lipinski definition) is 6. The summed E-state index contributed by atoms with van der Waals surface area (Å²) in [6.07, 6.45) is 4.15. The highest BCUT2D eigenvalue weighted by atomic mass is 32.2. The molecule has 2 aliphatic heterocycles. The quantitative estimate of drug-likeness (QED) is 0.439. The highest BCUT2D eigenvalue weighted by Crippen LogP contribution is 2.35. The number of sulfonamides is 1. The molecule has 1 aliphatic carbocycles. The Labute approximate surface area is 193 Å². The van der Waals surface area contributed by atoms with Gasteiger partial charge in [0.2, 0.25) is 15.9 Å². The average molecular weight is 484 g/mol. The molecule has 9 nitrogen and oxygen atoms in total. The predicted octanol–water partition coefficient (Wildman–Crippen LogP) is 1.87. The lowest BCUT2D eigenvalue weighted by atomic mass is 9.89. The number of urea groups is 1. The standard InChI is InChI=1S/C22H30FN3O6S/c23-18-7-6-17(12-19(18)32-13-16-4-5-16)22(14-31-15-22)25-33(29,30)11-3-1-2-9-26-10-8-20(27)24-21(26)28/h6-7,12,16,25H,1-5,8-11,13-15H2,(H,24,27,28). The van der Waals surface area contributed by atoms with Crippen molar-refractivity contribution in [1.29, 1.82) is 0 Å². The highest BCUT2D eigenvalue weighted by molar-refractivity contribution is 7.89. The minimum absolute atomic E-state index is 0.0638. The lowest BCUT2D eigenvalue weighted by Gasteiger charge is -2.42. The summed E-state index contributed by atoms with van der Waals surface area (Å²) in [6, 6.07) is 4.04. The maximum atomic E-state index is 14.2. The van der Waals surface area contributed by atoms with Crippen molar-refractivity contribution in [2.45, 2.75) is 44.1 Å².